The van der Waals surface area contributed by atoms with Gasteiger partial charge in [0.2, 0.25) is 0 Å². The Morgan fingerprint density at radius 2 is 1.55 bits per heavy atom. The molecule has 0 aliphatic carbocycles. The van der Waals surface area contributed by atoms with Crippen molar-refractivity contribution in [3.63, 3.8) is 0 Å². The van der Waals surface area contributed by atoms with Gasteiger partial charge in [0.15, 0.2) is 0 Å². The van der Waals surface area contributed by atoms with E-state index in [9.17, 15) is 25.0 Å². The lowest BCUT2D eigenvalue weighted by molar-refractivity contribution is -0.394. The number of hydrogen-bond acceptors (Lipinski definition) is 7. The Bertz CT molecular complexity index is 943. The van der Waals surface area contributed by atoms with Gasteiger partial charge < -0.3 is 9.47 Å². The van der Waals surface area contributed by atoms with Crippen LogP contribution in [0.3, 0.4) is 0 Å². The molecular weight excluding hydrogens is 420 g/mol. The Hall–Kier alpha value is -3.11. The first-order valence-electron chi connectivity index (χ1n) is 9.67. The van der Waals surface area contributed by atoms with Gasteiger partial charge in [0.05, 0.1) is 34.8 Å². The third-order valence-corrected chi connectivity index (χ3v) is 8.36. The van der Waals surface area contributed by atoms with E-state index >= 15 is 0 Å². The smallest absolute Gasteiger partial charge is 0.338 e. The summed E-state index contributed by atoms with van der Waals surface area (Å²) in [5.74, 6) is -0.868. The number of nitro benzene ring substituents is 2. The first kappa shape index (κ1) is 24.2. The lowest BCUT2D eigenvalue weighted by Crippen LogP contribution is -2.53. The second kappa shape index (κ2) is 9.35. The van der Waals surface area contributed by atoms with Crippen molar-refractivity contribution in [1.82, 2.24) is 0 Å². The molecule has 0 radical (unpaired) electrons. The van der Waals surface area contributed by atoms with Crippen LogP contribution in [0, 0.1) is 20.2 Å². The number of ether oxygens (including phenoxy) is 2. The Morgan fingerprint density at radius 1 is 1.03 bits per heavy atom. The fourth-order valence-electron chi connectivity index (χ4n) is 3.69. The third kappa shape index (κ3) is 5.33. The molecule has 9 nitrogen and oxygen atoms in total. The summed E-state index contributed by atoms with van der Waals surface area (Å²) in [6, 6.07) is 12.4. The lowest BCUT2D eigenvalue weighted by Gasteiger charge is -2.44. The molecule has 0 aromatic heterocycles. The topological polar surface area (TPSA) is 122 Å². The lowest BCUT2D eigenvalue weighted by atomic mass is 10.0. The van der Waals surface area contributed by atoms with Crippen LogP contribution in [0.25, 0.3) is 0 Å². The van der Waals surface area contributed by atoms with Crippen LogP contribution in [-0.4, -0.2) is 37.1 Å². The number of methoxy groups -OCH3 is 1. The molecule has 0 saturated heterocycles. The molecule has 0 fully saturated rings. The second-order valence-electron chi connectivity index (χ2n) is 8.32. The number of carbonyl (C=O) groups is 1. The maximum Gasteiger partial charge on any atom is 0.338 e. The third-order valence-electron chi connectivity index (χ3n) is 5.24. The zero-order chi connectivity index (χ0) is 23.4. The fourth-order valence-corrected chi connectivity index (χ4v) is 6.24. The molecule has 2 aromatic carbocycles. The molecule has 2 aromatic rings. The van der Waals surface area contributed by atoms with E-state index in [0.717, 1.165) is 23.8 Å². The monoisotopic (exact) mass is 446 g/mol. The SMILES string of the molecule is CO[C@](C[C@H](C)OC(=O)c1cc([N+](=O)[O-])cc([N+](=O)[O-])c1)(c1ccccc1)[Si](C)(C)C. The highest BCUT2D eigenvalue weighted by Gasteiger charge is 2.46. The number of esters is 1. The minimum Gasteiger partial charge on any atom is -0.459 e. The average Bonchev–Trinajstić information content (AvgIpc) is 2.71. The van der Waals surface area contributed by atoms with Crippen molar-refractivity contribution in [2.75, 3.05) is 7.11 Å². The predicted molar refractivity (Wildman–Crippen MR) is 118 cm³/mol. The first-order chi connectivity index (χ1) is 14.4. The van der Waals surface area contributed by atoms with Gasteiger partial charge in [-0.2, -0.15) is 0 Å². The molecule has 2 atom stereocenters. The van der Waals surface area contributed by atoms with Gasteiger partial charge in [0.1, 0.15) is 6.10 Å². The van der Waals surface area contributed by atoms with Crippen molar-refractivity contribution in [3.8, 4) is 0 Å². The van der Waals surface area contributed by atoms with E-state index in [-0.39, 0.29) is 5.56 Å². The van der Waals surface area contributed by atoms with Crippen LogP contribution < -0.4 is 0 Å². The quantitative estimate of drug-likeness (QED) is 0.233. The summed E-state index contributed by atoms with van der Waals surface area (Å²) in [5.41, 5.74) is -0.369. The molecular formula is C21H26N2O7Si. The molecule has 0 unspecified atom stereocenters. The van der Waals surface area contributed by atoms with Crippen molar-refractivity contribution in [3.05, 3.63) is 79.9 Å². The van der Waals surface area contributed by atoms with E-state index in [4.69, 9.17) is 9.47 Å². The van der Waals surface area contributed by atoms with E-state index in [0.29, 0.717) is 6.42 Å². The molecule has 0 aliphatic heterocycles. The standard InChI is InChI=1S/C21H26N2O7Si/c1-15(14-21(29-2,31(3,4)5)17-9-7-6-8-10-17)30-20(24)16-11-18(22(25)26)13-19(12-16)23(27)28/h6-13,15H,14H2,1-5H3/t15-,21-/m0/s1. The van der Waals surface area contributed by atoms with E-state index < -0.39 is 46.6 Å². The van der Waals surface area contributed by atoms with Crippen LogP contribution in [0.2, 0.25) is 19.6 Å². The molecule has 0 bridgehead atoms. The summed E-state index contributed by atoms with van der Waals surface area (Å²) in [6.45, 7) is 8.17. The highest BCUT2D eigenvalue weighted by atomic mass is 28.3. The molecule has 0 amide bonds. The maximum absolute atomic E-state index is 12.7. The molecule has 0 heterocycles. The van der Waals surface area contributed by atoms with Crippen molar-refractivity contribution in [2.24, 2.45) is 0 Å². The first-order valence-corrected chi connectivity index (χ1v) is 13.2. The van der Waals surface area contributed by atoms with Crippen LogP contribution in [-0.2, 0) is 14.7 Å². The van der Waals surface area contributed by atoms with Crippen molar-refractivity contribution in [2.45, 2.75) is 44.3 Å². The van der Waals surface area contributed by atoms with Crippen molar-refractivity contribution < 1.29 is 24.1 Å². The summed E-state index contributed by atoms with van der Waals surface area (Å²) in [5, 5.41) is 21.5. The molecule has 0 saturated carbocycles. The predicted octanol–water partition coefficient (Wildman–Crippen LogP) is 4.86. The van der Waals surface area contributed by atoms with Gasteiger partial charge in [-0.25, -0.2) is 4.79 Å². The molecule has 166 valence electrons. The van der Waals surface area contributed by atoms with Gasteiger partial charge in [0, 0.05) is 25.7 Å². The average molecular weight is 447 g/mol. The molecule has 0 N–H and O–H groups in total. The van der Waals surface area contributed by atoms with Gasteiger partial charge >= 0.3 is 5.97 Å². The van der Waals surface area contributed by atoms with Gasteiger partial charge in [-0.1, -0.05) is 50.0 Å². The minimum atomic E-state index is -2.01. The Morgan fingerprint density at radius 3 is 1.97 bits per heavy atom. The van der Waals surface area contributed by atoms with Crippen molar-refractivity contribution in [1.29, 1.82) is 0 Å². The van der Waals surface area contributed by atoms with E-state index in [2.05, 4.69) is 19.6 Å². The normalized spacial score (nSPS) is 14.4. The van der Waals surface area contributed by atoms with Crippen LogP contribution in [0.4, 0.5) is 11.4 Å². The number of benzene rings is 2. The number of hydrogen-bond donors (Lipinski definition) is 0. The highest BCUT2D eigenvalue weighted by Crippen LogP contribution is 2.40. The van der Waals surface area contributed by atoms with Crippen molar-refractivity contribution >= 4 is 25.4 Å². The van der Waals surface area contributed by atoms with Gasteiger partial charge in [0.25, 0.3) is 11.4 Å². The maximum atomic E-state index is 12.7. The molecule has 2 rings (SSSR count). The van der Waals surface area contributed by atoms with Crippen LogP contribution in [0.15, 0.2) is 48.5 Å². The van der Waals surface area contributed by atoms with E-state index in [1.54, 1.807) is 14.0 Å². The largest absolute Gasteiger partial charge is 0.459 e. The number of carbonyl (C=O) groups excluding carboxylic acids is 1. The van der Waals surface area contributed by atoms with Gasteiger partial charge in [-0.15, -0.1) is 0 Å². The highest BCUT2D eigenvalue weighted by molar-refractivity contribution is 6.78. The zero-order valence-electron chi connectivity index (χ0n) is 18.2. The van der Waals surface area contributed by atoms with Gasteiger partial charge in [-0.3, -0.25) is 20.2 Å². The second-order valence-corrected chi connectivity index (χ2v) is 13.6. The van der Waals surface area contributed by atoms with Crippen LogP contribution >= 0.6 is 0 Å². The Labute approximate surface area is 181 Å². The number of nitrogens with zero attached hydrogens (tertiary/aromatic N) is 2. The van der Waals surface area contributed by atoms with Crippen LogP contribution in [0.1, 0.15) is 29.3 Å². The summed E-state index contributed by atoms with van der Waals surface area (Å²) in [7, 11) is -0.382. The van der Waals surface area contributed by atoms with Gasteiger partial charge in [-0.05, 0) is 12.5 Å². The number of rotatable bonds is 9. The summed E-state index contributed by atoms with van der Waals surface area (Å²) in [4.78, 5) is 33.3. The zero-order valence-corrected chi connectivity index (χ0v) is 19.2. The number of non-ortho nitro benzene ring substituents is 2. The Balaban J connectivity index is 2.33. The minimum absolute atomic E-state index is 0.247. The summed E-state index contributed by atoms with van der Waals surface area (Å²) < 4.78 is 11.6. The molecule has 0 spiro atoms. The summed E-state index contributed by atoms with van der Waals surface area (Å²) >= 11 is 0. The Kier molecular flexibility index (Phi) is 7.29. The molecule has 10 heteroatoms. The molecule has 0 aliphatic rings. The fraction of sp³-hybridized carbons (Fsp3) is 0.381. The van der Waals surface area contributed by atoms with E-state index in [1.807, 2.05) is 30.3 Å². The summed E-state index contributed by atoms with van der Waals surface area (Å²) in [6.07, 6.45) is -0.246. The molecule has 31 heavy (non-hydrogen) atoms. The van der Waals surface area contributed by atoms with E-state index in [1.165, 1.54) is 0 Å². The van der Waals surface area contributed by atoms with Crippen LogP contribution in [0.5, 0.6) is 0 Å². The number of nitro groups is 2.